The summed E-state index contributed by atoms with van der Waals surface area (Å²) in [4.78, 5) is 2.37. The molecule has 1 atom stereocenters. The third kappa shape index (κ3) is 5.27. The highest BCUT2D eigenvalue weighted by Gasteiger charge is 2.15. The zero-order valence-electron chi connectivity index (χ0n) is 13.7. The number of rotatable bonds is 10. The average molecular weight is 282 g/mol. The summed E-state index contributed by atoms with van der Waals surface area (Å²) in [6.45, 7) is 13.1. The zero-order chi connectivity index (χ0) is 15.0. The van der Waals surface area contributed by atoms with Gasteiger partial charge in [0, 0.05) is 13.2 Å². The maximum absolute atomic E-state index is 5.98. The summed E-state index contributed by atoms with van der Waals surface area (Å²) in [5, 5.41) is 3.39. The molecule has 1 N–H and O–H groups in total. The average Bonchev–Trinajstić information content (AvgIpc) is 2.77. The number of furan rings is 1. The fourth-order valence-corrected chi connectivity index (χ4v) is 2.35. The van der Waals surface area contributed by atoms with Gasteiger partial charge in [-0.2, -0.15) is 0 Å². The Morgan fingerprint density at radius 2 is 2.15 bits per heavy atom. The molecule has 0 amide bonds. The third-order valence-corrected chi connectivity index (χ3v) is 3.58. The highest BCUT2D eigenvalue weighted by molar-refractivity contribution is 5.20. The van der Waals surface area contributed by atoms with Crippen LogP contribution in [-0.2, 0) is 17.8 Å². The number of ether oxygens (including phenoxy) is 1. The van der Waals surface area contributed by atoms with E-state index in [-0.39, 0.29) is 0 Å². The number of hydrogen-bond donors (Lipinski definition) is 1. The molecule has 0 saturated heterocycles. The fraction of sp³-hybridized carbons (Fsp3) is 0.750. The van der Waals surface area contributed by atoms with Crippen molar-refractivity contribution >= 4 is 0 Å². The van der Waals surface area contributed by atoms with Crippen molar-refractivity contribution < 1.29 is 9.15 Å². The molecule has 1 aromatic rings. The normalized spacial score (nSPS) is 13.1. The molecular formula is C16H30N2O2. The minimum Gasteiger partial charge on any atom is -0.463 e. The summed E-state index contributed by atoms with van der Waals surface area (Å²) < 4.78 is 11.2. The van der Waals surface area contributed by atoms with Crippen molar-refractivity contribution in [3.8, 4) is 0 Å². The Labute approximate surface area is 123 Å². The van der Waals surface area contributed by atoms with Gasteiger partial charge in [0.15, 0.2) is 0 Å². The summed E-state index contributed by atoms with van der Waals surface area (Å²) in [7, 11) is 1.75. The number of likely N-dealkylation sites (N-methyl/N-ethyl adjacent to an activating group) is 1. The Balaban J connectivity index is 2.60. The number of methoxy groups -OCH3 is 1. The van der Waals surface area contributed by atoms with E-state index in [0.717, 1.165) is 50.7 Å². The van der Waals surface area contributed by atoms with Crippen LogP contribution in [0, 0.1) is 6.92 Å². The SMILES string of the molecule is CCCNCc1oc(CN(CC)C(C)COC)cc1C. The first-order valence-corrected chi connectivity index (χ1v) is 7.64. The van der Waals surface area contributed by atoms with Gasteiger partial charge in [0.25, 0.3) is 0 Å². The van der Waals surface area contributed by atoms with Crippen LogP contribution in [0.1, 0.15) is 44.3 Å². The Bertz CT molecular complexity index is 377. The molecule has 1 unspecified atom stereocenters. The summed E-state index contributed by atoms with van der Waals surface area (Å²) in [6, 6.07) is 2.56. The molecule has 4 heteroatoms. The minimum absolute atomic E-state index is 0.400. The van der Waals surface area contributed by atoms with Crippen molar-refractivity contribution in [2.24, 2.45) is 0 Å². The lowest BCUT2D eigenvalue weighted by Crippen LogP contribution is -2.35. The predicted octanol–water partition coefficient (Wildman–Crippen LogP) is 2.94. The lowest BCUT2D eigenvalue weighted by molar-refractivity contribution is 0.0933. The van der Waals surface area contributed by atoms with E-state index in [1.807, 2.05) is 0 Å². The Morgan fingerprint density at radius 3 is 2.75 bits per heavy atom. The smallest absolute Gasteiger partial charge is 0.120 e. The molecule has 1 heterocycles. The largest absolute Gasteiger partial charge is 0.463 e. The second-order valence-corrected chi connectivity index (χ2v) is 5.36. The van der Waals surface area contributed by atoms with Gasteiger partial charge in [-0.25, -0.2) is 0 Å². The summed E-state index contributed by atoms with van der Waals surface area (Å²) in [6.07, 6.45) is 1.14. The van der Waals surface area contributed by atoms with Crippen LogP contribution in [0.15, 0.2) is 10.5 Å². The zero-order valence-corrected chi connectivity index (χ0v) is 13.7. The highest BCUT2D eigenvalue weighted by atomic mass is 16.5. The molecule has 116 valence electrons. The third-order valence-electron chi connectivity index (χ3n) is 3.58. The lowest BCUT2D eigenvalue weighted by atomic mass is 10.2. The van der Waals surface area contributed by atoms with Crippen molar-refractivity contribution in [2.75, 3.05) is 26.8 Å². The van der Waals surface area contributed by atoms with Crippen LogP contribution in [0.3, 0.4) is 0 Å². The molecule has 0 bridgehead atoms. The minimum atomic E-state index is 0.400. The van der Waals surface area contributed by atoms with E-state index in [0.29, 0.717) is 6.04 Å². The number of aryl methyl sites for hydroxylation is 1. The van der Waals surface area contributed by atoms with Gasteiger partial charge >= 0.3 is 0 Å². The van der Waals surface area contributed by atoms with E-state index < -0.39 is 0 Å². The van der Waals surface area contributed by atoms with Crippen molar-refractivity contribution in [3.63, 3.8) is 0 Å². The van der Waals surface area contributed by atoms with Crippen molar-refractivity contribution in [2.45, 2.75) is 53.2 Å². The molecule has 1 aromatic heterocycles. The molecule has 1 rings (SSSR count). The summed E-state index contributed by atoms with van der Waals surface area (Å²) >= 11 is 0. The van der Waals surface area contributed by atoms with E-state index in [9.17, 15) is 0 Å². The predicted molar refractivity (Wildman–Crippen MR) is 82.9 cm³/mol. The molecule has 0 spiro atoms. The van der Waals surface area contributed by atoms with Gasteiger partial charge in [-0.1, -0.05) is 13.8 Å². The Kier molecular flexibility index (Phi) is 7.88. The summed E-state index contributed by atoms with van der Waals surface area (Å²) in [5.41, 5.74) is 1.24. The van der Waals surface area contributed by atoms with Crippen LogP contribution in [0.2, 0.25) is 0 Å². The molecular weight excluding hydrogens is 252 g/mol. The number of hydrogen-bond acceptors (Lipinski definition) is 4. The maximum atomic E-state index is 5.98. The van der Waals surface area contributed by atoms with E-state index >= 15 is 0 Å². The van der Waals surface area contributed by atoms with Crippen LogP contribution in [0.5, 0.6) is 0 Å². The van der Waals surface area contributed by atoms with E-state index in [4.69, 9.17) is 9.15 Å². The quantitative estimate of drug-likeness (QED) is 0.670. The van der Waals surface area contributed by atoms with E-state index in [1.54, 1.807) is 7.11 Å². The lowest BCUT2D eigenvalue weighted by Gasteiger charge is -2.26. The summed E-state index contributed by atoms with van der Waals surface area (Å²) in [5.74, 6) is 2.10. The number of nitrogens with zero attached hydrogens (tertiary/aromatic N) is 1. The van der Waals surface area contributed by atoms with Crippen LogP contribution >= 0.6 is 0 Å². The number of nitrogens with one attached hydrogen (secondary N) is 1. The fourth-order valence-electron chi connectivity index (χ4n) is 2.35. The molecule has 0 aliphatic rings. The van der Waals surface area contributed by atoms with Crippen LogP contribution in [0.25, 0.3) is 0 Å². The van der Waals surface area contributed by atoms with Gasteiger partial charge in [0.05, 0.1) is 19.7 Å². The second-order valence-electron chi connectivity index (χ2n) is 5.36. The monoisotopic (exact) mass is 282 g/mol. The molecule has 0 aromatic carbocycles. The van der Waals surface area contributed by atoms with Crippen LogP contribution in [0.4, 0.5) is 0 Å². The van der Waals surface area contributed by atoms with Crippen LogP contribution in [-0.4, -0.2) is 37.7 Å². The van der Waals surface area contributed by atoms with E-state index in [2.05, 4.69) is 44.0 Å². The first-order chi connectivity index (χ1) is 9.62. The first kappa shape index (κ1) is 17.2. The standard InChI is InChI=1S/C16H30N2O2/c1-6-8-17-10-16-13(3)9-15(20-16)11-18(7-2)14(4)12-19-5/h9,14,17H,6-8,10-12H2,1-5H3. The van der Waals surface area contributed by atoms with Gasteiger partial charge < -0.3 is 14.5 Å². The Morgan fingerprint density at radius 1 is 1.40 bits per heavy atom. The van der Waals surface area contributed by atoms with Crippen molar-refractivity contribution in [1.29, 1.82) is 0 Å². The highest BCUT2D eigenvalue weighted by Crippen LogP contribution is 2.17. The topological polar surface area (TPSA) is 37.6 Å². The van der Waals surface area contributed by atoms with Gasteiger partial charge in [-0.3, -0.25) is 4.90 Å². The maximum Gasteiger partial charge on any atom is 0.120 e. The van der Waals surface area contributed by atoms with Gasteiger partial charge in [-0.05, 0) is 45.0 Å². The molecule has 0 saturated carbocycles. The van der Waals surface area contributed by atoms with Crippen molar-refractivity contribution in [1.82, 2.24) is 10.2 Å². The second kappa shape index (κ2) is 9.16. The first-order valence-electron chi connectivity index (χ1n) is 7.64. The Hall–Kier alpha value is -0.840. The molecule has 20 heavy (non-hydrogen) atoms. The van der Waals surface area contributed by atoms with E-state index in [1.165, 1.54) is 5.56 Å². The molecule has 0 radical (unpaired) electrons. The van der Waals surface area contributed by atoms with Crippen LogP contribution < -0.4 is 5.32 Å². The van der Waals surface area contributed by atoms with Crippen molar-refractivity contribution in [3.05, 3.63) is 23.2 Å². The van der Waals surface area contributed by atoms with Gasteiger partial charge in [0.1, 0.15) is 11.5 Å². The molecule has 0 aliphatic heterocycles. The van der Waals surface area contributed by atoms with Gasteiger partial charge in [0.2, 0.25) is 0 Å². The molecule has 0 aliphatic carbocycles. The van der Waals surface area contributed by atoms with Gasteiger partial charge in [-0.15, -0.1) is 0 Å². The molecule has 4 nitrogen and oxygen atoms in total. The molecule has 0 fully saturated rings.